The second-order valence-electron chi connectivity index (χ2n) is 7.13. The molecular weight excluding hydrogens is 316 g/mol. The average molecular weight is 344 g/mol. The molecule has 2 aliphatic heterocycles. The van der Waals surface area contributed by atoms with Crippen LogP contribution in [0, 0.1) is 5.41 Å². The second-order valence-corrected chi connectivity index (χ2v) is 7.13. The van der Waals surface area contributed by atoms with Gasteiger partial charge in [-0.2, -0.15) is 0 Å². The van der Waals surface area contributed by atoms with Crippen LogP contribution < -0.4 is 4.90 Å². The van der Waals surface area contributed by atoms with Gasteiger partial charge in [0, 0.05) is 38.3 Å². The molecule has 25 heavy (non-hydrogen) atoms. The van der Waals surface area contributed by atoms with Crippen LogP contribution >= 0.6 is 0 Å². The maximum absolute atomic E-state index is 12.6. The molecule has 0 aromatic heterocycles. The molecule has 1 amide bonds. The minimum Gasteiger partial charge on any atom is -0.461 e. The van der Waals surface area contributed by atoms with E-state index in [-0.39, 0.29) is 23.4 Å². The van der Waals surface area contributed by atoms with Crippen LogP contribution in [0.3, 0.4) is 0 Å². The van der Waals surface area contributed by atoms with Gasteiger partial charge in [0.1, 0.15) is 6.10 Å². The lowest BCUT2D eigenvalue weighted by atomic mass is 9.79. The van der Waals surface area contributed by atoms with Crippen LogP contribution in [0.2, 0.25) is 0 Å². The summed E-state index contributed by atoms with van der Waals surface area (Å²) in [6.45, 7) is 7.18. The van der Waals surface area contributed by atoms with E-state index in [0.717, 1.165) is 39.0 Å². The summed E-state index contributed by atoms with van der Waals surface area (Å²) < 4.78 is 5.51. The van der Waals surface area contributed by atoms with E-state index in [2.05, 4.69) is 17.0 Å². The molecule has 0 aliphatic carbocycles. The zero-order chi connectivity index (χ0) is 17.9. The number of cyclic esters (lactones) is 1. The van der Waals surface area contributed by atoms with E-state index >= 15 is 0 Å². The van der Waals surface area contributed by atoms with E-state index in [4.69, 9.17) is 4.74 Å². The topological polar surface area (TPSA) is 49.9 Å². The second kappa shape index (κ2) is 7.46. The molecule has 5 nitrogen and oxygen atoms in total. The largest absolute Gasteiger partial charge is 0.461 e. The lowest BCUT2D eigenvalue weighted by Gasteiger charge is -2.36. The van der Waals surface area contributed by atoms with Crippen molar-refractivity contribution < 1.29 is 14.3 Å². The Morgan fingerprint density at radius 1 is 1.12 bits per heavy atom. The monoisotopic (exact) mass is 344 g/mol. The van der Waals surface area contributed by atoms with Crippen LogP contribution in [0.5, 0.6) is 0 Å². The summed E-state index contributed by atoms with van der Waals surface area (Å²) in [5.74, 6) is -0.0160. The maximum atomic E-state index is 12.6. The summed E-state index contributed by atoms with van der Waals surface area (Å²) in [6.07, 6.45) is 2.30. The Bertz CT molecular complexity index is 605. The summed E-state index contributed by atoms with van der Waals surface area (Å²) in [7, 11) is 0. The highest BCUT2D eigenvalue weighted by molar-refractivity contribution is 5.81. The number of anilines is 1. The molecule has 1 unspecified atom stereocenters. The maximum Gasteiger partial charge on any atom is 0.312 e. The van der Waals surface area contributed by atoms with Crippen LogP contribution in [0.1, 0.15) is 39.5 Å². The molecule has 0 radical (unpaired) electrons. The minimum absolute atomic E-state index is 0.105. The third kappa shape index (κ3) is 3.65. The highest BCUT2D eigenvalue weighted by Crippen LogP contribution is 2.41. The fourth-order valence-electron chi connectivity index (χ4n) is 3.96. The number of carbonyl (C=O) groups excluding carboxylic acids is 2. The van der Waals surface area contributed by atoms with Crippen molar-refractivity contribution >= 4 is 17.6 Å². The van der Waals surface area contributed by atoms with E-state index < -0.39 is 0 Å². The molecule has 1 aromatic rings. The first kappa shape index (κ1) is 17.8. The molecule has 3 rings (SSSR count). The van der Waals surface area contributed by atoms with Crippen LogP contribution in [0.4, 0.5) is 5.69 Å². The number of amides is 1. The molecule has 2 heterocycles. The lowest BCUT2D eigenvalue weighted by Crippen LogP contribution is -2.49. The summed E-state index contributed by atoms with van der Waals surface area (Å²) in [6, 6.07) is 10.3. The van der Waals surface area contributed by atoms with Gasteiger partial charge in [0.05, 0.1) is 11.8 Å². The molecule has 0 bridgehead atoms. The van der Waals surface area contributed by atoms with E-state index in [0.29, 0.717) is 12.8 Å². The summed E-state index contributed by atoms with van der Waals surface area (Å²) in [5.41, 5.74) is 0.826. The van der Waals surface area contributed by atoms with Gasteiger partial charge >= 0.3 is 5.97 Å². The number of carbonyl (C=O) groups is 2. The first-order chi connectivity index (χ1) is 12.1. The van der Waals surface area contributed by atoms with Gasteiger partial charge in [0.25, 0.3) is 0 Å². The summed E-state index contributed by atoms with van der Waals surface area (Å²) in [4.78, 5) is 29.0. The Morgan fingerprint density at radius 3 is 2.32 bits per heavy atom. The SMILES string of the molecule is CCC1(CC)CC(CC(=O)N2CCN(c3ccccc3)CC2)OC1=O. The first-order valence-corrected chi connectivity index (χ1v) is 9.37. The number of piperazine rings is 1. The number of para-hydroxylation sites is 1. The quantitative estimate of drug-likeness (QED) is 0.771. The molecule has 2 fully saturated rings. The van der Waals surface area contributed by atoms with Crippen LogP contribution in [-0.2, 0) is 14.3 Å². The first-order valence-electron chi connectivity index (χ1n) is 9.37. The Morgan fingerprint density at radius 2 is 1.76 bits per heavy atom. The molecule has 2 aliphatic rings. The van der Waals surface area contributed by atoms with Gasteiger partial charge in [-0.3, -0.25) is 9.59 Å². The number of esters is 1. The molecular formula is C20H28N2O3. The van der Waals surface area contributed by atoms with Crippen molar-refractivity contribution in [3.8, 4) is 0 Å². The fraction of sp³-hybridized carbons (Fsp3) is 0.600. The third-order valence-electron chi connectivity index (χ3n) is 5.83. The summed E-state index contributed by atoms with van der Waals surface area (Å²) >= 11 is 0. The molecule has 0 N–H and O–H groups in total. The van der Waals surface area contributed by atoms with Gasteiger partial charge < -0.3 is 14.5 Å². The van der Waals surface area contributed by atoms with Crippen molar-refractivity contribution in [3.63, 3.8) is 0 Å². The van der Waals surface area contributed by atoms with Crippen molar-refractivity contribution in [1.82, 2.24) is 4.90 Å². The van der Waals surface area contributed by atoms with Gasteiger partial charge in [0.2, 0.25) is 5.91 Å². The molecule has 136 valence electrons. The van der Waals surface area contributed by atoms with E-state index in [9.17, 15) is 9.59 Å². The smallest absolute Gasteiger partial charge is 0.312 e. The molecule has 1 atom stereocenters. The van der Waals surface area contributed by atoms with Crippen LogP contribution in [0.25, 0.3) is 0 Å². The van der Waals surface area contributed by atoms with E-state index in [1.54, 1.807) is 0 Å². The molecule has 2 saturated heterocycles. The predicted octanol–water partition coefficient (Wildman–Crippen LogP) is 2.85. The number of rotatable bonds is 5. The van der Waals surface area contributed by atoms with Crippen molar-refractivity contribution in [2.24, 2.45) is 5.41 Å². The van der Waals surface area contributed by atoms with Crippen molar-refractivity contribution in [2.75, 3.05) is 31.1 Å². The van der Waals surface area contributed by atoms with Gasteiger partial charge in [0.15, 0.2) is 0 Å². The highest BCUT2D eigenvalue weighted by Gasteiger charge is 2.47. The minimum atomic E-state index is -0.378. The zero-order valence-electron chi connectivity index (χ0n) is 15.2. The molecule has 0 spiro atoms. The Balaban J connectivity index is 1.51. The van der Waals surface area contributed by atoms with Crippen molar-refractivity contribution in [1.29, 1.82) is 0 Å². The standard InChI is InChI=1S/C20H28N2O3/c1-3-20(4-2)15-17(25-19(20)24)14-18(23)22-12-10-21(11-13-22)16-8-6-5-7-9-16/h5-9,17H,3-4,10-15H2,1-2H3. The number of hydrogen-bond donors (Lipinski definition) is 0. The van der Waals surface area contributed by atoms with Crippen molar-refractivity contribution in [2.45, 2.75) is 45.6 Å². The number of nitrogens with zero attached hydrogens (tertiary/aromatic N) is 2. The summed E-state index contributed by atoms with van der Waals surface area (Å²) in [5, 5.41) is 0. The van der Waals surface area contributed by atoms with Gasteiger partial charge in [-0.05, 0) is 25.0 Å². The number of ether oxygens (including phenoxy) is 1. The lowest BCUT2D eigenvalue weighted by molar-refractivity contribution is -0.150. The average Bonchev–Trinajstić information content (AvgIpc) is 2.98. The van der Waals surface area contributed by atoms with Gasteiger partial charge in [-0.15, -0.1) is 0 Å². The fourth-order valence-corrected chi connectivity index (χ4v) is 3.96. The number of benzene rings is 1. The normalized spacial score (nSPS) is 22.8. The predicted molar refractivity (Wildman–Crippen MR) is 97.4 cm³/mol. The van der Waals surface area contributed by atoms with Crippen LogP contribution in [0.15, 0.2) is 30.3 Å². The van der Waals surface area contributed by atoms with E-state index in [1.165, 1.54) is 5.69 Å². The Hall–Kier alpha value is -2.04. The van der Waals surface area contributed by atoms with Gasteiger partial charge in [-0.25, -0.2) is 0 Å². The number of hydrogen-bond acceptors (Lipinski definition) is 4. The Kier molecular flexibility index (Phi) is 5.30. The Labute approximate surface area is 149 Å². The van der Waals surface area contributed by atoms with Crippen LogP contribution in [-0.4, -0.2) is 49.1 Å². The van der Waals surface area contributed by atoms with E-state index in [1.807, 2.05) is 36.9 Å². The van der Waals surface area contributed by atoms with Crippen molar-refractivity contribution in [3.05, 3.63) is 30.3 Å². The molecule has 5 heteroatoms. The molecule has 1 aromatic carbocycles. The van der Waals surface area contributed by atoms with Gasteiger partial charge in [-0.1, -0.05) is 32.0 Å². The molecule has 0 saturated carbocycles. The highest BCUT2D eigenvalue weighted by atomic mass is 16.6. The zero-order valence-corrected chi connectivity index (χ0v) is 15.2. The third-order valence-corrected chi connectivity index (χ3v) is 5.83.